The predicted octanol–water partition coefficient (Wildman–Crippen LogP) is 3.23. The third kappa shape index (κ3) is 3.62. The third-order valence-electron chi connectivity index (χ3n) is 3.96. The molecule has 1 heterocycles. The van der Waals surface area contributed by atoms with Gasteiger partial charge in [-0.05, 0) is 31.9 Å². The molecule has 1 fully saturated rings. The summed E-state index contributed by atoms with van der Waals surface area (Å²) in [6.07, 6.45) is 2.13. The largest absolute Gasteiger partial charge is 0.355 e. The molecule has 2 aromatic carbocycles. The number of hydrogen-bond acceptors (Lipinski definition) is 2. The van der Waals surface area contributed by atoms with Crippen LogP contribution in [0.1, 0.15) is 24.0 Å². The number of hydrogen-bond donors (Lipinski definition) is 0. The Balaban J connectivity index is 2.04. The first-order valence-corrected chi connectivity index (χ1v) is 9.22. The van der Waals surface area contributed by atoms with Crippen LogP contribution in [0.3, 0.4) is 0 Å². The molecule has 5 heteroatoms. The van der Waals surface area contributed by atoms with Gasteiger partial charge in [0.05, 0.1) is 4.90 Å². The molecule has 0 bridgehead atoms. The second-order valence-corrected chi connectivity index (χ2v) is 7.37. The van der Waals surface area contributed by atoms with Crippen LogP contribution >= 0.6 is 0 Å². The maximum absolute atomic E-state index is 12.7. The van der Waals surface area contributed by atoms with Crippen molar-refractivity contribution in [3.8, 4) is 0 Å². The van der Waals surface area contributed by atoms with Crippen molar-refractivity contribution in [3.63, 3.8) is 0 Å². The highest BCUT2D eigenvalue weighted by molar-refractivity contribution is 7.90. The minimum absolute atomic E-state index is 0.232. The summed E-state index contributed by atoms with van der Waals surface area (Å²) in [5.41, 5.74) is 1.86. The van der Waals surface area contributed by atoms with Gasteiger partial charge in [-0.1, -0.05) is 48.0 Å². The summed E-state index contributed by atoms with van der Waals surface area (Å²) in [5, 5.41) is 0. The number of rotatable bonds is 3. The molecule has 3 rings (SSSR count). The fourth-order valence-electron chi connectivity index (χ4n) is 2.69. The van der Waals surface area contributed by atoms with Crippen LogP contribution in [-0.4, -0.2) is 32.2 Å². The van der Waals surface area contributed by atoms with Crippen molar-refractivity contribution in [1.29, 1.82) is 0 Å². The highest BCUT2D eigenvalue weighted by Gasteiger charge is 2.22. The van der Waals surface area contributed by atoms with Crippen LogP contribution in [0.25, 0.3) is 0 Å². The fraction of sp³-hybridized carbons (Fsp3) is 0.278. The van der Waals surface area contributed by atoms with Crippen LogP contribution < -0.4 is 0 Å². The second kappa shape index (κ2) is 6.54. The number of nitrogens with zero attached hydrogens (tertiary/aromatic N) is 2. The molecule has 0 unspecified atom stereocenters. The van der Waals surface area contributed by atoms with E-state index in [2.05, 4.69) is 9.30 Å². The summed E-state index contributed by atoms with van der Waals surface area (Å²) in [6.45, 7) is 3.62. The van der Waals surface area contributed by atoms with Gasteiger partial charge < -0.3 is 4.90 Å². The molecule has 1 aliphatic heterocycles. The van der Waals surface area contributed by atoms with Gasteiger partial charge in [-0.15, -0.1) is 4.40 Å². The van der Waals surface area contributed by atoms with Crippen LogP contribution in [0.2, 0.25) is 0 Å². The first kappa shape index (κ1) is 15.7. The van der Waals surface area contributed by atoms with Crippen LogP contribution in [-0.2, 0) is 10.0 Å². The monoisotopic (exact) mass is 328 g/mol. The van der Waals surface area contributed by atoms with Crippen LogP contribution in [0.5, 0.6) is 0 Å². The molecule has 23 heavy (non-hydrogen) atoms. The topological polar surface area (TPSA) is 49.7 Å². The highest BCUT2D eigenvalue weighted by Crippen LogP contribution is 2.19. The van der Waals surface area contributed by atoms with E-state index >= 15 is 0 Å². The molecular weight excluding hydrogens is 308 g/mol. The minimum atomic E-state index is -3.72. The maximum atomic E-state index is 12.7. The average Bonchev–Trinajstić information content (AvgIpc) is 3.08. The van der Waals surface area contributed by atoms with E-state index in [1.807, 2.05) is 37.3 Å². The lowest BCUT2D eigenvalue weighted by atomic mass is 10.2. The number of aryl methyl sites for hydroxylation is 1. The molecule has 0 spiro atoms. The predicted molar refractivity (Wildman–Crippen MR) is 92.2 cm³/mol. The van der Waals surface area contributed by atoms with E-state index < -0.39 is 10.0 Å². The minimum Gasteiger partial charge on any atom is -0.355 e. The van der Waals surface area contributed by atoms with Gasteiger partial charge in [0.25, 0.3) is 10.0 Å². The Morgan fingerprint density at radius 2 is 1.57 bits per heavy atom. The number of benzene rings is 2. The second-order valence-electron chi connectivity index (χ2n) is 5.76. The SMILES string of the molecule is Cc1ccc(S(=O)(=O)N=C(c2ccccc2)N2CCCC2)cc1. The van der Waals surface area contributed by atoms with Crippen LogP contribution in [0.15, 0.2) is 63.9 Å². The summed E-state index contributed by atoms with van der Waals surface area (Å²) in [4.78, 5) is 2.29. The van der Waals surface area contributed by atoms with Crippen molar-refractivity contribution in [1.82, 2.24) is 4.90 Å². The molecule has 2 aromatic rings. The van der Waals surface area contributed by atoms with E-state index in [0.29, 0.717) is 5.84 Å². The molecule has 0 aromatic heterocycles. The van der Waals surface area contributed by atoms with Crippen molar-refractivity contribution in [2.24, 2.45) is 4.40 Å². The summed E-state index contributed by atoms with van der Waals surface area (Å²) in [7, 11) is -3.72. The van der Waals surface area contributed by atoms with Crippen molar-refractivity contribution < 1.29 is 8.42 Å². The Bertz CT molecular complexity index is 791. The molecule has 0 saturated carbocycles. The van der Waals surface area contributed by atoms with Crippen LogP contribution in [0.4, 0.5) is 0 Å². The Hall–Kier alpha value is -2.14. The number of amidine groups is 1. The quantitative estimate of drug-likeness (QED) is 0.642. The Morgan fingerprint density at radius 3 is 2.17 bits per heavy atom. The van der Waals surface area contributed by atoms with Gasteiger partial charge >= 0.3 is 0 Å². The van der Waals surface area contributed by atoms with Gasteiger partial charge in [-0.3, -0.25) is 0 Å². The van der Waals surface area contributed by atoms with Crippen molar-refractivity contribution >= 4 is 15.9 Å². The number of sulfonamides is 1. The molecule has 1 saturated heterocycles. The Morgan fingerprint density at radius 1 is 0.957 bits per heavy atom. The van der Waals surface area contributed by atoms with Crippen molar-refractivity contribution in [3.05, 3.63) is 65.7 Å². The first-order chi connectivity index (χ1) is 11.1. The summed E-state index contributed by atoms with van der Waals surface area (Å²) in [6, 6.07) is 16.3. The van der Waals surface area contributed by atoms with E-state index in [1.165, 1.54) is 0 Å². The van der Waals surface area contributed by atoms with Gasteiger partial charge in [0.2, 0.25) is 0 Å². The van der Waals surface area contributed by atoms with E-state index in [9.17, 15) is 8.42 Å². The average molecular weight is 328 g/mol. The highest BCUT2D eigenvalue weighted by atomic mass is 32.2. The molecule has 0 N–H and O–H groups in total. The lowest BCUT2D eigenvalue weighted by molar-refractivity contribution is 0.520. The molecule has 0 amide bonds. The summed E-state index contributed by atoms with van der Waals surface area (Å²) >= 11 is 0. The summed E-state index contributed by atoms with van der Waals surface area (Å²) < 4.78 is 29.5. The molecule has 120 valence electrons. The molecule has 0 aliphatic carbocycles. The third-order valence-corrected chi connectivity index (χ3v) is 5.24. The van der Waals surface area contributed by atoms with Gasteiger partial charge in [-0.2, -0.15) is 8.42 Å². The van der Waals surface area contributed by atoms with Gasteiger partial charge in [-0.25, -0.2) is 0 Å². The molecule has 4 nitrogen and oxygen atoms in total. The first-order valence-electron chi connectivity index (χ1n) is 7.78. The van der Waals surface area contributed by atoms with Crippen LogP contribution in [0, 0.1) is 6.92 Å². The zero-order valence-corrected chi connectivity index (χ0v) is 14.0. The molecule has 0 atom stereocenters. The normalized spacial score (nSPS) is 15.9. The van der Waals surface area contributed by atoms with Gasteiger partial charge in [0.15, 0.2) is 0 Å². The molecule has 0 radical (unpaired) electrons. The zero-order chi connectivity index (χ0) is 16.3. The van der Waals surface area contributed by atoms with Gasteiger partial charge in [0.1, 0.15) is 5.84 Å². The standard InChI is InChI=1S/C18H20N2O2S/c1-15-9-11-17(12-10-15)23(21,22)19-18(20-13-5-6-14-20)16-7-3-2-4-8-16/h2-4,7-12H,5-6,13-14H2,1H3. The Labute approximate surface area is 137 Å². The lowest BCUT2D eigenvalue weighted by Gasteiger charge is -2.20. The maximum Gasteiger partial charge on any atom is 0.284 e. The van der Waals surface area contributed by atoms with E-state index in [1.54, 1.807) is 24.3 Å². The lowest BCUT2D eigenvalue weighted by Crippen LogP contribution is -2.29. The molecule has 1 aliphatic rings. The van der Waals surface area contributed by atoms with Gasteiger partial charge in [0, 0.05) is 18.7 Å². The molecular formula is C18H20N2O2S. The van der Waals surface area contributed by atoms with Crippen molar-refractivity contribution in [2.75, 3.05) is 13.1 Å². The van der Waals surface area contributed by atoms with Crippen molar-refractivity contribution in [2.45, 2.75) is 24.7 Å². The van der Waals surface area contributed by atoms with E-state index in [4.69, 9.17) is 0 Å². The zero-order valence-electron chi connectivity index (χ0n) is 13.1. The smallest absolute Gasteiger partial charge is 0.284 e. The number of likely N-dealkylation sites (tertiary alicyclic amines) is 1. The van der Waals surface area contributed by atoms with E-state index in [0.717, 1.165) is 37.1 Å². The fourth-order valence-corrected chi connectivity index (χ4v) is 3.72. The Kier molecular flexibility index (Phi) is 4.48. The van der Waals surface area contributed by atoms with E-state index in [-0.39, 0.29) is 4.90 Å². The summed E-state index contributed by atoms with van der Waals surface area (Å²) in [5.74, 6) is 0.545.